The summed E-state index contributed by atoms with van der Waals surface area (Å²) >= 11 is 6.22. The van der Waals surface area contributed by atoms with Crippen LogP contribution in [0.5, 0.6) is 0 Å². The highest BCUT2D eigenvalue weighted by molar-refractivity contribution is 6.36. The van der Waals surface area contributed by atoms with Gasteiger partial charge in [-0.25, -0.2) is 0 Å². The molecule has 88 valence electrons. The molecule has 0 aliphatic carbocycles. The van der Waals surface area contributed by atoms with Gasteiger partial charge in [0.05, 0.1) is 0 Å². The van der Waals surface area contributed by atoms with Gasteiger partial charge in [0.1, 0.15) is 0 Å². The Morgan fingerprint density at radius 1 is 0.722 bits per heavy atom. The molecule has 0 heterocycles. The first-order chi connectivity index (χ1) is 8.75. The summed E-state index contributed by atoms with van der Waals surface area (Å²) in [5.74, 6) is 0. The van der Waals surface area contributed by atoms with Crippen LogP contribution in [0.1, 0.15) is 0 Å². The van der Waals surface area contributed by atoms with Crippen LogP contribution in [0.4, 0.5) is 5.69 Å². The lowest BCUT2D eigenvalue weighted by Gasteiger charge is -2.08. The van der Waals surface area contributed by atoms with Crippen LogP contribution in [-0.2, 0) is 0 Å². The Kier molecular flexibility index (Phi) is 2.69. The highest BCUT2D eigenvalue weighted by atomic mass is 35.5. The van der Waals surface area contributed by atoms with Crippen LogP contribution in [0.3, 0.4) is 0 Å². The summed E-state index contributed by atoms with van der Waals surface area (Å²) in [5.41, 5.74) is 8.82. The number of hydrogen-bond donors (Lipinski definition) is 1. The fourth-order valence-electron chi connectivity index (χ4n) is 2.18. The lowest BCUT2D eigenvalue weighted by molar-refractivity contribution is 1.64. The summed E-state index contributed by atoms with van der Waals surface area (Å²) in [6.07, 6.45) is 0. The molecule has 0 spiro atoms. The third kappa shape index (κ3) is 1.83. The monoisotopic (exact) mass is 253 g/mol. The van der Waals surface area contributed by atoms with Crippen molar-refractivity contribution >= 4 is 28.1 Å². The molecule has 0 amide bonds. The van der Waals surface area contributed by atoms with Crippen molar-refractivity contribution in [1.82, 2.24) is 0 Å². The van der Waals surface area contributed by atoms with E-state index >= 15 is 0 Å². The van der Waals surface area contributed by atoms with Crippen LogP contribution in [0, 0.1) is 0 Å². The van der Waals surface area contributed by atoms with Gasteiger partial charge in [0.15, 0.2) is 0 Å². The summed E-state index contributed by atoms with van der Waals surface area (Å²) in [6.45, 7) is 0. The van der Waals surface area contributed by atoms with Crippen LogP contribution < -0.4 is 5.73 Å². The van der Waals surface area contributed by atoms with Crippen molar-refractivity contribution < 1.29 is 0 Å². The zero-order valence-corrected chi connectivity index (χ0v) is 10.5. The van der Waals surface area contributed by atoms with E-state index in [1.165, 1.54) is 5.56 Å². The number of nitrogens with two attached hydrogens (primary N) is 1. The average molecular weight is 254 g/mol. The van der Waals surface area contributed by atoms with Crippen molar-refractivity contribution in [2.45, 2.75) is 0 Å². The summed E-state index contributed by atoms with van der Waals surface area (Å²) in [6, 6.07) is 20.0. The van der Waals surface area contributed by atoms with Crippen molar-refractivity contribution in [3.63, 3.8) is 0 Å². The minimum Gasteiger partial charge on any atom is -0.399 e. The van der Waals surface area contributed by atoms with Crippen molar-refractivity contribution in [3.05, 3.63) is 65.7 Å². The van der Waals surface area contributed by atoms with E-state index in [2.05, 4.69) is 12.1 Å². The lowest BCUT2D eigenvalue weighted by atomic mass is 9.98. The molecule has 0 radical (unpaired) electrons. The van der Waals surface area contributed by atoms with Gasteiger partial charge < -0.3 is 5.73 Å². The number of fused-ring (bicyclic) bond motifs is 1. The molecule has 0 aliphatic heterocycles. The topological polar surface area (TPSA) is 26.0 Å². The molecular formula is C16H12ClN. The Balaban J connectivity index is 2.30. The fraction of sp³-hybridized carbons (Fsp3) is 0. The molecule has 0 bridgehead atoms. The molecule has 0 fully saturated rings. The predicted octanol–water partition coefficient (Wildman–Crippen LogP) is 4.74. The molecule has 0 saturated carbocycles. The largest absolute Gasteiger partial charge is 0.399 e. The van der Waals surface area contributed by atoms with Crippen LogP contribution in [0.2, 0.25) is 5.02 Å². The normalized spacial score (nSPS) is 10.7. The van der Waals surface area contributed by atoms with Crippen molar-refractivity contribution in [2.24, 2.45) is 0 Å². The number of rotatable bonds is 1. The van der Waals surface area contributed by atoms with Crippen LogP contribution in [0.15, 0.2) is 60.7 Å². The van der Waals surface area contributed by atoms with Crippen molar-refractivity contribution in [1.29, 1.82) is 0 Å². The first-order valence-electron chi connectivity index (χ1n) is 5.79. The fourth-order valence-corrected chi connectivity index (χ4v) is 2.40. The number of benzene rings is 3. The first kappa shape index (κ1) is 11.1. The molecule has 3 aromatic carbocycles. The molecule has 0 unspecified atom stereocenters. The second-order valence-electron chi connectivity index (χ2n) is 4.26. The number of anilines is 1. The van der Waals surface area contributed by atoms with E-state index in [0.717, 1.165) is 27.0 Å². The Labute approximate surface area is 111 Å². The van der Waals surface area contributed by atoms with Gasteiger partial charge in [-0.1, -0.05) is 54.1 Å². The molecule has 3 aromatic rings. The molecule has 0 aliphatic rings. The molecule has 0 aromatic heterocycles. The molecular weight excluding hydrogens is 242 g/mol. The van der Waals surface area contributed by atoms with E-state index in [9.17, 15) is 0 Å². The van der Waals surface area contributed by atoms with Gasteiger partial charge in [-0.2, -0.15) is 0 Å². The Morgan fingerprint density at radius 3 is 2.11 bits per heavy atom. The molecule has 18 heavy (non-hydrogen) atoms. The molecule has 2 N–H and O–H groups in total. The van der Waals surface area contributed by atoms with Gasteiger partial charge in [-0.15, -0.1) is 0 Å². The van der Waals surface area contributed by atoms with E-state index in [-0.39, 0.29) is 0 Å². The van der Waals surface area contributed by atoms with E-state index < -0.39 is 0 Å². The lowest BCUT2D eigenvalue weighted by Crippen LogP contribution is -1.85. The molecule has 0 atom stereocenters. The Bertz CT molecular complexity index is 702. The highest BCUT2D eigenvalue weighted by Crippen LogP contribution is 2.33. The number of nitrogen functional groups attached to an aromatic ring is 1. The zero-order chi connectivity index (χ0) is 12.5. The number of hydrogen-bond acceptors (Lipinski definition) is 1. The SMILES string of the molecule is Nc1ccc(-c2ccc(Cl)c3ccccc23)cc1. The van der Waals surface area contributed by atoms with Crippen molar-refractivity contribution in [3.8, 4) is 11.1 Å². The molecule has 2 heteroatoms. The van der Waals surface area contributed by atoms with Gasteiger partial charge in [0.25, 0.3) is 0 Å². The summed E-state index contributed by atoms with van der Waals surface area (Å²) in [5, 5.41) is 3.02. The third-order valence-corrected chi connectivity index (χ3v) is 3.42. The van der Waals surface area contributed by atoms with Gasteiger partial charge in [-0.05, 0) is 34.7 Å². The Hall–Kier alpha value is -1.99. The Morgan fingerprint density at radius 2 is 1.39 bits per heavy atom. The van der Waals surface area contributed by atoms with Gasteiger partial charge in [0, 0.05) is 16.1 Å². The number of halogens is 1. The smallest absolute Gasteiger partial charge is 0.0484 e. The quantitative estimate of drug-likeness (QED) is 0.623. The van der Waals surface area contributed by atoms with Crippen LogP contribution >= 0.6 is 11.6 Å². The van der Waals surface area contributed by atoms with Crippen LogP contribution in [0.25, 0.3) is 21.9 Å². The molecule has 0 saturated heterocycles. The van der Waals surface area contributed by atoms with Gasteiger partial charge in [-0.3, -0.25) is 0 Å². The maximum absolute atomic E-state index is 6.22. The maximum Gasteiger partial charge on any atom is 0.0484 e. The third-order valence-electron chi connectivity index (χ3n) is 3.09. The van der Waals surface area contributed by atoms with Crippen molar-refractivity contribution in [2.75, 3.05) is 5.73 Å². The van der Waals surface area contributed by atoms with E-state index in [1.54, 1.807) is 0 Å². The average Bonchev–Trinajstić information content (AvgIpc) is 2.41. The summed E-state index contributed by atoms with van der Waals surface area (Å²) in [4.78, 5) is 0. The van der Waals surface area contributed by atoms with E-state index in [0.29, 0.717) is 0 Å². The van der Waals surface area contributed by atoms with E-state index in [4.69, 9.17) is 17.3 Å². The van der Waals surface area contributed by atoms with Gasteiger partial charge in [0.2, 0.25) is 0 Å². The van der Waals surface area contributed by atoms with E-state index in [1.807, 2.05) is 48.5 Å². The summed E-state index contributed by atoms with van der Waals surface area (Å²) in [7, 11) is 0. The first-order valence-corrected chi connectivity index (χ1v) is 6.17. The summed E-state index contributed by atoms with van der Waals surface area (Å²) < 4.78 is 0. The zero-order valence-electron chi connectivity index (χ0n) is 9.73. The predicted molar refractivity (Wildman–Crippen MR) is 78.8 cm³/mol. The minimum atomic E-state index is 0.775. The molecule has 3 rings (SSSR count). The second-order valence-corrected chi connectivity index (χ2v) is 4.67. The van der Waals surface area contributed by atoms with Crippen LogP contribution in [-0.4, -0.2) is 0 Å². The highest BCUT2D eigenvalue weighted by Gasteiger charge is 2.05. The second kappa shape index (κ2) is 4.35. The standard InChI is InChI=1S/C16H12ClN/c17-16-10-9-13(11-5-7-12(18)8-6-11)14-3-1-2-4-15(14)16/h1-10H,18H2. The molecule has 1 nitrogen and oxygen atoms in total. The maximum atomic E-state index is 6.22. The minimum absolute atomic E-state index is 0.775. The van der Waals surface area contributed by atoms with Gasteiger partial charge >= 0.3 is 0 Å².